The molecule has 3 nitrogen and oxygen atoms in total. The van der Waals surface area contributed by atoms with Crippen LogP contribution in [0.25, 0.3) is 0 Å². The molecule has 1 saturated carbocycles. The second-order valence-corrected chi connectivity index (χ2v) is 4.73. The molecule has 94 valence electrons. The molecule has 0 spiro atoms. The van der Waals surface area contributed by atoms with Gasteiger partial charge in [-0.2, -0.15) is 0 Å². The number of hydrogen-bond donors (Lipinski definition) is 1. The number of nitrogens with two attached hydrogens (primary N) is 1. The first-order chi connectivity index (χ1) is 8.24. The molecule has 1 aliphatic rings. The Morgan fingerprint density at radius 1 is 1.18 bits per heavy atom. The first-order valence-electron chi connectivity index (χ1n) is 6.22. The standard InChI is InChI=1S/C14H21NO2/c1-16-12-6-7-14(17-2)13(9-12)10-4-3-5-11(15)8-10/h6-7,9-11H,3-5,8,15H2,1-2H3. The van der Waals surface area contributed by atoms with Crippen LogP contribution in [0.5, 0.6) is 11.5 Å². The zero-order valence-corrected chi connectivity index (χ0v) is 10.6. The number of hydrogen-bond acceptors (Lipinski definition) is 3. The number of methoxy groups -OCH3 is 2. The van der Waals surface area contributed by atoms with Gasteiger partial charge in [0.1, 0.15) is 11.5 Å². The molecular weight excluding hydrogens is 214 g/mol. The van der Waals surface area contributed by atoms with E-state index < -0.39 is 0 Å². The molecule has 1 aliphatic carbocycles. The largest absolute Gasteiger partial charge is 0.497 e. The van der Waals surface area contributed by atoms with Gasteiger partial charge in [-0.15, -0.1) is 0 Å². The van der Waals surface area contributed by atoms with E-state index in [1.54, 1.807) is 14.2 Å². The third-order valence-corrected chi connectivity index (χ3v) is 3.59. The Hall–Kier alpha value is -1.22. The second kappa shape index (κ2) is 5.41. The van der Waals surface area contributed by atoms with E-state index in [1.165, 1.54) is 18.4 Å². The van der Waals surface area contributed by atoms with Crippen LogP contribution in [0.4, 0.5) is 0 Å². The third-order valence-electron chi connectivity index (χ3n) is 3.59. The normalized spacial score (nSPS) is 24.4. The number of ether oxygens (including phenoxy) is 2. The average Bonchev–Trinajstić information content (AvgIpc) is 2.38. The molecule has 0 aromatic heterocycles. The Bertz CT molecular complexity index is 378. The van der Waals surface area contributed by atoms with E-state index in [1.807, 2.05) is 12.1 Å². The van der Waals surface area contributed by atoms with Crippen molar-refractivity contribution >= 4 is 0 Å². The summed E-state index contributed by atoms with van der Waals surface area (Å²) in [5.74, 6) is 2.34. The van der Waals surface area contributed by atoms with Gasteiger partial charge >= 0.3 is 0 Å². The molecular formula is C14H21NO2. The maximum absolute atomic E-state index is 6.05. The Morgan fingerprint density at radius 3 is 2.65 bits per heavy atom. The van der Waals surface area contributed by atoms with Crippen molar-refractivity contribution in [2.45, 2.75) is 37.6 Å². The minimum absolute atomic E-state index is 0.324. The second-order valence-electron chi connectivity index (χ2n) is 4.73. The highest BCUT2D eigenvalue weighted by molar-refractivity contribution is 5.42. The molecule has 0 saturated heterocycles. The van der Waals surface area contributed by atoms with Crippen molar-refractivity contribution in [1.82, 2.24) is 0 Å². The van der Waals surface area contributed by atoms with E-state index in [-0.39, 0.29) is 0 Å². The van der Waals surface area contributed by atoms with Crippen LogP contribution in [0.15, 0.2) is 18.2 Å². The molecule has 2 unspecified atom stereocenters. The molecule has 0 amide bonds. The predicted octanol–water partition coefficient (Wildman–Crippen LogP) is 2.69. The van der Waals surface area contributed by atoms with Crippen molar-refractivity contribution in [2.24, 2.45) is 5.73 Å². The van der Waals surface area contributed by atoms with Crippen molar-refractivity contribution in [3.63, 3.8) is 0 Å². The molecule has 2 atom stereocenters. The molecule has 2 N–H and O–H groups in total. The highest BCUT2D eigenvalue weighted by Gasteiger charge is 2.23. The van der Waals surface area contributed by atoms with Gasteiger partial charge < -0.3 is 15.2 Å². The van der Waals surface area contributed by atoms with Gasteiger partial charge in [-0.25, -0.2) is 0 Å². The summed E-state index contributed by atoms with van der Waals surface area (Å²) >= 11 is 0. The first kappa shape index (κ1) is 12.2. The topological polar surface area (TPSA) is 44.5 Å². The summed E-state index contributed by atoms with van der Waals surface area (Å²) in [5.41, 5.74) is 7.29. The molecule has 0 bridgehead atoms. The van der Waals surface area contributed by atoms with Crippen molar-refractivity contribution in [2.75, 3.05) is 14.2 Å². The van der Waals surface area contributed by atoms with Gasteiger partial charge in [-0.1, -0.05) is 6.42 Å². The van der Waals surface area contributed by atoms with E-state index in [9.17, 15) is 0 Å². The van der Waals surface area contributed by atoms with Gasteiger partial charge in [-0.3, -0.25) is 0 Å². The molecule has 1 fully saturated rings. The molecule has 0 radical (unpaired) electrons. The Morgan fingerprint density at radius 2 is 2.00 bits per heavy atom. The van der Waals surface area contributed by atoms with E-state index in [4.69, 9.17) is 15.2 Å². The summed E-state index contributed by atoms with van der Waals surface area (Å²) in [4.78, 5) is 0. The van der Waals surface area contributed by atoms with Crippen LogP contribution in [-0.4, -0.2) is 20.3 Å². The van der Waals surface area contributed by atoms with Crippen molar-refractivity contribution in [3.8, 4) is 11.5 Å². The highest BCUT2D eigenvalue weighted by atomic mass is 16.5. The zero-order chi connectivity index (χ0) is 12.3. The van der Waals surface area contributed by atoms with E-state index in [2.05, 4.69) is 6.07 Å². The minimum atomic E-state index is 0.324. The lowest BCUT2D eigenvalue weighted by Crippen LogP contribution is -2.27. The summed E-state index contributed by atoms with van der Waals surface area (Å²) in [5, 5.41) is 0. The van der Waals surface area contributed by atoms with Crippen LogP contribution < -0.4 is 15.2 Å². The quantitative estimate of drug-likeness (QED) is 0.876. The minimum Gasteiger partial charge on any atom is -0.497 e. The third kappa shape index (κ3) is 2.72. The molecule has 17 heavy (non-hydrogen) atoms. The summed E-state index contributed by atoms with van der Waals surface area (Å²) in [6.07, 6.45) is 4.58. The Kier molecular flexibility index (Phi) is 3.89. The van der Waals surface area contributed by atoms with Crippen LogP contribution in [0.1, 0.15) is 37.2 Å². The van der Waals surface area contributed by atoms with Crippen LogP contribution in [0.2, 0.25) is 0 Å². The average molecular weight is 235 g/mol. The fourth-order valence-corrected chi connectivity index (χ4v) is 2.67. The predicted molar refractivity (Wildman–Crippen MR) is 68.7 cm³/mol. The summed E-state index contributed by atoms with van der Waals surface area (Å²) in [7, 11) is 3.41. The van der Waals surface area contributed by atoms with Crippen LogP contribution >= 0.6 is 0 Å². The van der Waals surface area contributed by atoms with Crippen molar-refractivity contribution in [1.29, 1.82) is 0 Å². The SMILES string of the molecule is COc1ccc(OC)c(C2CCCC(N)C2)c1. The maximum atomic E-state index is 6.05. The molecule has 1 aromatic rings. The molecule has 0 aliphatic heterocycles. The summed E-state index contributed by atoms with van der Waals surface area (Å²) < 4.78 is 10.7. The van der Waals surface area contributed by atoms with Crippen LogP contribution in [0, 0.1) is 0 Å². The van der Waals surface area contributed by atoms with Crippen molar-refractivity contribution < 1.29 is 9.47 Å². The zero-order valence-electron chi connectivity index (χ0n) is 10.6. The Labute approximate surface area is 103 Å². The van der Waals surface area contributed by atoms with Gasteiger partial charge in [0.2, 0.25) is 0 Å². The van der Waals surface area contributed by atoms with Crippen LogP contribution in [-0.2, 0) is 0 Å². The molecule has 1 aromatic carbocycles. The Balaban J connectivity index is 2.27. The molecule has 0 heterocycles. The van der Waals surface area contributed by atoms with Gasteiger partial charge in [0.05, 0.1) is 14.2 Å². The lowest BCUT2D eigenvalue weighted by Gasteiger charge is -2.28. The van der Waals surface area contributed by atoms with Gasteiger partial charge in [0.25, 0.3) is 0 Å². The first-order valence-corrected chi connectivity index (χ1v) is 6.22. The number of rotatable bonds is 3. The van der Waals surface area contributed by atoms with Gasteiger partial charge in [0.15, 0.2) is 0 Å². The van der Waals surface area contributed by atoms with E-state index >= 15 is 0 Å². The molecule has 2 rings (SSSR count). The van der Waals surface area contributed by atoms with Crippen LogP contribution in [0.3, 0.4) is 0 Å². The van der Waals surface area contributed by atoms with Gasteiger partial charge in [0, 0.05) is 11.6 Å². The lowest BCUT2D eigenvalue weighted by molar-refractivity contribution is 0.363. The maximum Gasteiger partial charge on any atom is 0.122 e. The van der Waals surface area contributed by atoms with Crippen molar-refractivity contribution in [3.05, 3.63) is 23.8 Å². The number of benzene rings is 1. The smallest absolute Gasteiger partial charge is 0.122 e. The van der Waals surface area contributed by atoms with Gasteiger partial charge in [-0.05, 0) is 43.4 Å². The fraction of sp³-hybridized carbons (Fsp3) is 0.571. The summed E-state index contributed by atoms with van der Waals surface area (Å²) in [6.45, 7) is 0. The highest BCUT2D eigenvalue weighted by Crippen LogP contribution is 2.38. The van der Waals surface area contributed by atoms with E-state index in [0.29, 0.717) is 12.0 Å². The van der Waals surface area contributed by atoms with E-state index in [0.717, 1.165) is 24.3 Å². The lowest BCUT2D eigenvalue weighted by atomic mass is 9.81. The molecule has 3 heteroatoms. The monoisotopic (exact) mass is 235 g/mol. The summed E-state index contributed by atoms with van der Waals surface area (Å²) in [6, 6.07) is 6.32. The fourth-order valence-electron chi connectivity index (χ4n) is 2.67.